The third-order valence-electron chi connectivity index (χ3n) is 4.15. The van der Waals surface area contributed by atoms with E-state index in [0.29, 0.717) is 12.1 Å². The van der Waals surface area contributed by atoms with Gasteiger partial charge >= 0.3 is 0 Å². The van der Waals surface area contributed by atoms with Crippen molar-refractivity contribution in [2.75, 3.05) is 32.6 Å². The highest BCUT2D eigenvalue weighted by molar-refractivity contribution is 5.85. The van der Waals surface area contributed by atoms with Crippen LogP contribution in [0, 0.1) is 10.1 Å². The lowest BCUT2D eigenvalue weighted by molar-refractivity contribution is -0.385. The summed E-state index contributed by atoms with van der Waals surface area (Å²) >= 11 is 0. The molecule has 2 aromatic carbocycles. The molecule has 0 aromatic heterocycles. The smallest absolute Gasteiger partial charge is 0.273 e. The van der Waals surface area contributed by atoms with Crippen LogP contribution < -0.4 is 4.90 Å². The summed E-state index contributed by atoms with van der Waals surface area (Å²) in [5, 5.41) is 11.1. The minimum absolute atomic E-state index is 0. The molecule has 2 rings (SSSR count). The normalized spacial score (nSPS) is 9.96. The average molecular weight is 378 g/mol. The van der Waals surface area contributed by atoms with E-state index in [9.17, 15) is 14.9 Å². The minimum atomic E-state index is -0.448. The van der Waals surface area contributed by atoms with Crippen LogP contribution >= 0.6 is 12.4 Å². The van der Waals surface area contributed by atoms with Crippen LogP contribution in [0.15, 0.2) is 48.5 Å². The molecule has 0 aliphatic heterocycles. The van der Waals surface area contributed by atoms with Gasteiger partial charge in [0.25, 0.3) is 5.69 Å². The minimum Gasteiger partial charge on any atom is -0.377 e. The molecule has 0 saturated carbocycles. The van der Waals surface area contributed by atoms with E-state index in [2.05, 4.69) is 6.07 Å². The molecule has 0 heterocycles. The van der Waals surface area contributed by atoms with Gasteiger partial charge in [0.15, 0.2) is 0 Å². The fourth-order valence-corrected chi connectivity index (χ4v) is 2.71. The van der Waals surface area contributed by atoms with Gasteiger partial charge in [-0.25, -0.2) is 0 Å². The summed E-state index contributed by atoms with van der Waals surface area (Å²) in [4.78, 5) is 26.7. The number of hydrogen-bond donors (Lipinski definition) is 0. The Balaban J connectivity index is 0.00000338. The maximum Gasteiger partial charge on any atom is 0.273 e. The number of anilines is 1. The van der Waals surface area contributed by atoms with Crippen LogP contribution in [-0.4, -0.2) is 43.4 Å². The van der Waals surface area contributed by atoms with E-state index in [4.69, 9.17) is 0 Å². The number of carbonyl (C=O) groups is 1. The highest BCUT2D eigenvalue weighted by Gasteiger charge is 2.18. The third kappa shape index (κ3) is 5.46. The van der Waals surface area contributed by atoms with E-state index in [1.165, 1.54) is 6.07 Å². The van der Waals surface area contributed by atoms with Crippen molar-refractivity contribution in [2.24, 2.45) is 0 Å². The molecule has 0 spiro atoms. The predicted octanol–water partition coefficient (Wildman–Crippen LogP) is 3.33. The zero-order valence-corrected chi connectivity index (χ0v) is 16.0. The lowest BCUT2D eigenvalue weighted by atomic mass is 10.1. The molecule has 0 aliphatic carbocycles. The van der Waals surface area contributed by atoms with Crippen molar-refractivity contribution in [1.29, 1.82) is 0 Å². The van der Waals surface area contributed by atoms with Gasteiger partial charge in [0.1, 0.15) is 0 Å². The number of benzene rings is 2. The van der Waals surface area contributed by atoms with Crippen molar-refractivity contribution in [3.8, 4) is 0 Å². The molecule has 0 unspecified atom stereocenters. The van der Waals surface area contributed by atoms with E-state index in [1.54, 1.807) is 30.1 Å². The third-order valence-corrected chi connectivity index (χ3v) is 4.15. The number of hydrogen-bond acceptors (Lipinski definition) is 4. The first kappa shape index (κ1) is 21.4. The van der Waals surface area contributed by atoms with E-state index < -0.39 is 4.92 Å². The highest BCUT2D eigenvalue weighted by Crippen LogP contribution is 2.20. The Hall–Kier alpha value is -2.60. The topological polar surface area (TPSA) is 66.7 Å². The Kier molecular flexibility index (Phi) is 8.06. The van der Waals surface area contributed by atoms with Crippen LogP contribution in [-0.2, 0) is 17.6 Å². The largest absolute Gasteiger partial charge is 0.377 e. The number of carbonyl (C=O) groups excluding carboxylic acids is 1. The van der Waals surface area contributed by atoms with E-state index in [-0.39, 0.29) is 30.4 Å². The van der Waals surface area contributed by atoms with Crippen LogP contribution in [0.4, 0.5) is 11.4 Å². The summed E-state index contributed by atoms with van der Waals surface area (Å²) in [6.07, 6.45) is 0.760. The lowest BCUT2D eigenvalue weighted by Crippen LogP contribution is -2.30. The Bertz CT molecular complexity index is 765. The molecule has 26 heavy (non-hydrogen) atoms. The van der Waals surface area contributed by atoms with Crippen molar-refractivity contribution >= 4 is 29.7 Å². The molecule has 0 aliphatic rings. The van der Waals surface area contributed by atoms with E-state index >= 15 is 0 Å². The quantitative estimate of drug-likeness (QED) is 0.548. The molecule has 1 amide bonds. The van der Waals surface area contributed by atoms with Gasteiger partial charge in [-0.05, 0) is 18.1 Å². The van der Waals surface area contributed by atoms with Gasteiger partial charge in [-0.15, -0.1) is 12.4 Å². The molecule has 0 N–H and O–H groups in total. The molecule has 0 saturated heterocycles. The first-order valence-corrected chi connectivity index (χ1v) is 8.11. The lowest BCUT2D eigenvalue weighted by Gasteiger charge is -2.21. The molecule has 0 fully saturated rings. The number of amides is 1. The average Bonchev–Trinajstić information content (AvgIpc) is 2.60. The number of nitrogens with zero attached hydrogens (tertiary/aromatic N) is 3. The van der Waals surface area contributed by atoms with Gasteiger partial charge < -0.3 is 9.80 Å². The SMILES string of the molecule is CN(CCc1ccccc1N(C)C)C(=O)Cc1ccccc1[N+](=O)[O-].Cl. The Labute approximate surface area is 160 Å². The van der Waals surface area contributed by atoms with Crippen molar-refractivity contribution in [3.63, 3.8) is 0 Å². The van der Waals surface area contributed by atoms with Crippen LogP contribution in [0.25, 0.3) is 0 Å². The van der Waals surface area contributed by atoms with Gasteiger partial charge in [0.05, 0.1) is 11.3 Å². The Morgan fingerprint density at radius 3 is 2.19 bits per heavy atom. The molecule has 0 atom stereocenters. The molecule has 140 valence electrons. The number of rotatable bonds is 7. The van der Waals surface area contributed by atoms with Crippen molar-refractivity contribution in [3.05, 3.63) is 69.8 Å². The van der Waals surface area contributed by atoms with Crippen LogP contribution in [0.3, 0.4) is 0 Å². The monoisotopic (exact) mass is 377 g/mol. The van der Waals surface area contributed by atoms with Crippen molar-refractivity contribution in [1.82, 2.24) is 4.90 Å². The van der Waals surface area contributed by atoms with E-state index in [1.807, 2.05) is 37.2 Å². The maximum atomic E-state index is 12.4. The van der Waals surface area contributed by atoms with Crippen LogP contribution in [0.2, 0.25) is 0 Å². The van der Waals surface area contributed by atoms with Gasteiger partial charge in [-0.3, -0.25) is 14.9 Å². The maximum absolute atomic E-state index is 12.4. The number of nitro benzene ring substituents is 1. The number of likely N-dealkylation sites (N-methyl/N-ethyl adjacent to an activating group) is 1. The molecule has 0 bridgehead atoms. The van der Waals surface area contributed by atoms with E-state index in [0.717, 1.165) is 17.7 Å². The first-order valence-electron chi connectivity index (χ1n) is 8.11. The first-order chi connectivity index (χ1) is 11.9. The second-order valence-electron chi connectivity index (χ2n) is 6.15. The number of nitro groups is 1. The zero-order chi connectivity index (χ0) is 18.4. The summed E-state index contributed by atoms with van der Waals surface area (Å²) < 4.78 is 0. The predicted molar refractivity (Wildman–Crippen MR) is 106 cm³/mol. The fourth-order valence-electron chi connectivity index (χ4n) is 2.71. The van der Waals surface area contributed by atoms with Gasteiger partial charge in [0, 0.05) is 45.0 Å². The van der Waals surface area contributed by atoms with Gasteiger partial charge in [-0.2, -0.15) is 0 Å². The second-order valence-corrected chi connectivity index (χ2v) is 6.15. The molecular formula is C19H24ClN3O3. The summed E-state index contributed by atoms with van der Waals surface area (Å²) in [5.41, 5.74) is 2.72. The second kappa shape index (κ2) is 9.77. The zero-order valence-electron chi connectivity index (χ0n) is 15.2. The van der Waals surface area contributed by atoms with Crippen LogP contribution in [0.5, 0.6) is 0 Å². The molecular weight excluding hydrogens is 354 g/mol. The standard InChI is InChI=1S/C19H23N3O3.ClH/c1-20(2)17-10-6-4-8-15(17)12-13-21(3)19(23)14-16-9-5-7-11-18(16)22(24)25;/h4-11H,12-14H2,1-3H3;1H. The van der Waals surface area contributed by atoms with Crippen molar-refractivity contribution < 1.29 is 9.72 Å². The van der Waals surface area contributed by atoms with Gasteiger partial charge in [0.2, 0.25) is 5.91 Å². The molecule has 6 nitrogen and oxygen atoms in total. The van der Waals surface area contributed by atoms with Gasteiger partial charge in [-0.1, -0.05) is 36.4 Å². The highest BCUT2D eigenvalue weighted by atomic mass is 35.5. The molecule has 7 heteroatoms. The summed E-state index contributed by atoms with van der Waals surface area (Å²) in [6, 6.07) is 14.4. The number of para-hydroxylation sites is 2. The Morgan fingerprint density at radius 2 is 1.58 bits per heavy atom. The molecule has 2 aromatic rings. The summed E-state index contributed by atoms with van der Waals surface area (Å²) in [7, 11) is 5.71. The number of halogens is 1. The fraction of sp³-hybridized carbons (Fsp3) is 0.316. The van der Waals surface area contributed by atoms with Crippen LogP contribution in [0.1, 0.15) is 11.1 Å². The summed E-state index contributed by atoms with van der Waals surface area (Å²) in [5.74, 6) is -0.128. The summed E-state index contributed by atoms with van der Waals surface area (Å²) in [6.45, 7) is 0.560. The Morgan fingerprint density at radius 1 is 1.00 bits per heavy atom. The molecule has 0 radical (unpaired) electrons. The van der Waals surface area contributed by atoms with Crippen molar-refractivity contribution in [2.45, 2.75) is 12.8 Å².